The summed E-state index contributed by atoms with van der Waals surface area (Å²) in [7, 11) is 0. The predicted octanol–water partition coefficient (Wildman–Crippen LogP) is 4.54. The Kier molecular flexibility index (Phi) is 5.34. The Morgan fingerprint density at radius 3 is 2.82 bits per heavy atom. The van der Waals surface area contributed by atoms with E-state index in [1.165, 1.54) is 30.5 Å². The highest BCUT2D eigenvalue weighted by Crippen LogP contribution is 2.33. The molecule has 10 heteroatoms. The van der Waals surface area contributed by atoms with E-state index in [2.05, 4.69) is 25.9 Å². The molecule has 34 heavy (non-hydrogen) atoms. The molecule has 0 unspecified atom stereocenters. The van der Waals surface area contributed by atoms with E-state index in [4.69, 9.17) is 10.00 Å². The number of H-pyrrole nitrogens is 2. The Balaban J connectivity index is 1.42. The van der Waals surface area contributed by atoms with Gasteiger partial charge in [0, 0.05) is 29.6 Å². The maximum atomic E-state index is 13.3. The van der Waals surface area contributed by atoms with Crippen LogP contribution in [0.5, 0.6) is 0 Å². The number of fused-ring (bicyclic) bond motifs is 1. The molecule has 7 nitrogen and oxygen atoms in total. The number of rotatable bonds is 4. The smallest absolute Gasteiger partial charge is 0.365 e. The number of nitriles is 1. The van der Waals surface area contributed by atoms with Gasteiger partial charge in [-0.3, -0.25) is 4.79 Å². The third-order valence-electron chi connectivity index (χ3n) is 5.72. The van der Waals surface area contributed by atoms with Crippen molar-refractivity contribution in [2.24, 2.45) is 0 Å². The fourth-order valence-corrected chi connectivity index (χ4v) is 4.03. The van der Waals surface area contributed by atoms with Gasteiger partial charge in [-0.1, -0.05) is 18.2 Å². The molecule has 4 aromatic rings. The number of halogens is 3. The van der Waals surface area contributed by atoms with Crippen molar-refractivity contribution in [3.8, 4) is 17.6 Å². The highest BCUT2D eigenvalue weighted by atomic mass is 19.4. The number of hydrogen-bond acceptors (Lipinski definition) is 5. The Labute approximate surface area is 191 Å². The van der Waals surface area contributed by atoms with E-state index in [0.29, 0.717) is 36.7 Å². The van der Waals surface area contributed by atoms with Gasteiger partial charge in [-0.15, -0.1) is 0 Å². The summed E-state index contributed by atoms with van der Waals surface area (Å²) in [5.74, 6) is -0.277. The summed E-state index contributed by atoms with van der Waals surface area (Å²) in [4.78, 5) is 25.5. The molecule has 2 aromatic heterocycles. The third-order valence-corrected chi connectivity index (χ3v) is 5.72. The van der Waals surface area contributed by atoms with Gasteiger partial charge in [0.1, 0.15) is 0 Å². The zero-order chi connectivity index (χ0) is 23.9. The second-order valence-electron chi connectivity index (χ2n) is 7.90. The Bertz CT molecular complexity index is 1420. The Morgan fingerprint density at radius 1 is 1.21 bits per heavy atom. The first-order chi connectivity index (χ1) is 16.3. The summed E-state index contributed by atoms with van der Waals surface area (Å²) in [6, 6.07) is 14.0. The minimum atomic E-state index is -4.63. The highest BCUT2D eigenvalue weighted by Gasteiger charge is 2.35. The molecule has 0 aliphatic carbocycles. The zero-order valence-corrected chi connectivity index (χ0v) is 17.7. The lowest BCUT2D eigenvalue weighted by Crippen LogP contribution is -2.41. The van der Waals surface area contributed by atoms with Crippen LogP contribution in [0.15, 0.2) is 54.7 Å². The molecule has 1 aliphatic rings. The van der Waals surface area contributed by atoms with E-state index >= 15 is 0 Å². The predicted molar refractivity (Wildman–Crippen MR) is 118 cm³/mol. The molecule has 0 saturated carbocycles. The number of aromatic nitrogens is 3. The van der Waals surface area contributed by atoms with E-state index in [1.807, 2.05) is 18.2 Å². The van der Waals surface area contributed by atoms with Crippen LogP contribution in [0, 0.1) is 11.3 Å². The maximum absolute atomic E-state index is 13.3. The van der Waals surface area contributed by atoms with Crippen LogP contribution in [0.2, 0.25) is 0 Å². The first-order valence-corrected chi connectivity index (χ1v) is 10.5. The van der Waals surface area contributed by atoms with Crippen LogP contribution < -0.4 is 4.90 Å². The molecular formula is C24H18F3N5O2. The summed E-state index contributed by atoms with van der Waals surface area (Å²) < 4.78 is 45.4. The number of nitrogens with one attached hydrogen (secondary N) is 2. The molecular weight excluding hydrogens is 447 g/mol. The van der Waals surface area contributed by atoms with Crippen molar-refractivity contribution < 1.29 is 22.7 Å². The van der Waals surface area contributed by atoms with Gasteiger partial charge in [0.2, 0.25) is 0 Å². The number of benzene rings is 2. The van der Waals surface area contributed by atoms with Crippen molar-refractivity contribution in [2.45, 2.75) is 12.3 Å². The number of alkyl halides is 3. The van der Waals surface area contributed by atoms with Crippen LogP contribution >= 0.6 is 0 Å². The molecule has 2 N–H and O–H groups in total. The average molecular weight is 465 g/mol. The van der Waals surface area contributed by atoms with Gasteiger partial charge in [0.25, 0.3) is 0 Å². The lowest BCUT2D eigenvalue weighted by atomic mass is 9.99. The average Bonchev–Trinajstić information content (AvgIpc) is 3.50. The molecule has 0 radical (unpaired) electrons. The molecule has 172 valence electrons. The van der Waals surface area contributed by atoms with Crippen LogP contribution in [0.25, 0.3) is 22.6 Å². The SMILES string of the molecule is N#C[C@@H]1CN(c2ccc3nc(-c4cc(C(=O)c5ccccc5C(F)(F)F)c[nH]4)[nH]c3c2)CCO1. The minimum absolute atomic E-state index is 0.101. The van der Waals surface area contributed by atoms with Gasteiger partial charge in [-0.2, -0.15) is 18.4 Å². The third kappa shape index (κ3) is 4.02. The normalized spacial score (nSPS) is 16.5. The van der Waals surface area contributed by atoms with Crippen molar-refractivity contribution in [2.75, 3.05) is 24.6 Å². The minimum Gasteiger partial charge on any atom is -0.365 e. The molecule has 0 amide bonds. The second kappa shape index (κ2) is 8.35. The van der Waals surface area contributed by atoms with Crippen molar-refractivity contribution in [3.63, 3.8) is 0 Å². The summed E-state index contributed by atoms with van der Waals surface area (Å²) in [5, 5.41) is 9.12. The molecule has 1 fully saturated rings. The first kappa shape index (κ1) is 21.7. The molecule has 0 bridgehead atoms. The van der Waals surface area contributed by atoms with Crippen LogP contribution in [-0.4, -0.2) is 46.5 Å². The Morgan fingerprint density at radius 2 is 2.03 bits per heavy atom. The molecule has 3 heterocycles. The molecule has 1 aliphatic heterocycles. The second-order valence-corrected chi connectivity index (χ2v) is 7.90. The van der Waals surface area contributed by atoms with Crippen molar-refractivity contribution in [1.82, 2.24) is 15.0 Å². The quantitative estimate of drug-likeness (QED) is 0.432. The largest absolute Gasteiger partial charge is 0.417 e. The number of carbonyl (C=O) groups excluding carboxylic acids is 1. The number of nitrogens with zero attached hydrogens (tertiary/aromatic N) is 3. The summed E-state index contributed by atoms with van der Waals surface area (Å²) in [5.41, 5.74) is 1.55. The van der Waals surface area contributed by atoms with E-state index in [9.17, 15) is 18.0 Å². The molecule has 1 saturated heterocycles. The fraction of sp³-hybridized carbons (Fsp3) is 0.208. The van der Waals surface area contributed by atoms with Gasteiger partial charge >= 0.3 is 6.18 Å². The van der Waals surface area contributed by atoms with E-state index in [1.54, 1.807) is 0 Å². The van der Waals surface area contributed by atoms with Crippen LogP contribution in [0.3, 0.4) is 0 Å². The van der Waals surface area contributed by atoms with E-state index < -0.39 is 29.2 Å². The van der Waals surface area contributed by atoms with Gasteiger partial charge in [-0.05, 0) is 30.3 Å². The van der Waals surface area contributed by atoms with E-state index in [-0.39, 0.29) is 5.56 Å². The molecule has 1 atom stereocenters. The zero-order valence-electron chi connectivity index (χ0n) is 17.7. The van der Waals surface area contributed by atoms with Gasteiger partial charge in [-0.25, -0.2) is 4.98 Å². The monoisotopic (exact) mass is 465 g/mol. The summed E-state index contributed by atoms with van der Waals surface area (Å²) >= 11 is 0. The van der Waals surface area contributed by atoms with E-state index in [0.717, 1.165) is 17.3 Å². The topological polar surface area (TPSA) is 97.8 Å². The number of ether oxygens (including phenoxy) is 1. The fourth-order valence-electron chi connectivity index (χ4n) is 4.03. The standard InChI is InChI=1S/C24H18F3N5O2/c25-24(26,27)18-4-2-1-3-17(18)22(33)14-9-21(29-12-14)23-30-19-6-5-15(10-20(19)31-23)32-7-8-34-16(11-28)13-32/h1-6,9-10,12,16,29H,7-8,13H2,(H,30,31)/t16-/m1/s1. The molecule has 0 spiro atoms. The first-order valence-electron chi connectivity index (χ1n) is 10.5. The maximum Gasteiger partial charge on any atom is 0.417 e. The number of morpholine rings is 1. The summed E-state index contributed by atoms with van der Waals surface area (Å²) in [6.07, 6.45) is -3.74. The van der Waals surface area contributed by atoms with Crippen LogP contribution in [-0.2, 0) is 10.9 Å². The number of hydrogen-bond donors (Lipinski definition) is 2. The van der Waals surface area contributed by atoms with Gasteiger partial charge in [0.15, 0.2) is 17.7 Å². The number of aromatic amines is 2. The number of anilines is 1. The number of ketones is 1. The van der Waals surface area contributed by atoms with Crippen molar-refractivity contribution in [3.05, 3.63) is 71.4 Å². The summed E-state index contributed by atoms with van der Waals surface area (Å²) in [6.45, 7) is 1.58. The number of carbonyl (C=O) groups is 1. The molecule has 2 aromatic carbocycles. The van der Waals surface area contributed by atoms with Crippen molar-refractivity contribution in [1.29, 1.82) is 5.26 Å². The lowest BCUT2D eigenvalue weighted by molar-refractivity contribution is -0.137. The Hall–Kier alpha value is -4.10. The van der Waals surface area contributed by atoms with Gasteiger partial charge < -0.3 is 19.6 Å². The lowest BCUT2D eigenvalue weighted by Gasteiger charge is -2.31. The number of imidazole rings is 1. The molecule has 5 rings (SSSR count). The highest BCUT2D eigenvalue weighted by molar-refractivity contribution is 6.10. The van der Waals surface area contributed by atoms with Gasteiger partial charge in [0.05, 0.1) is 41.5 Å². The van der Waals surface area contributed by atoms with Crippen LogP contribution in [0.4, 0.5) is 18.9 Å². The van der Waals surface area contributed by atoms with Crippen LogP contribution in [0.1, 0.15) is 21.5 Å². The van der Waals surface area contributed by atoms with Crippen molar-refractivity contribution >= 4 is 22.5 Å².